The molecule has 0 saturated heterocycles. The molecule has 0 aliphatic carbocycles. The molecule has 4 heteroatoms. The standard InChI is InChI=1S/C30H34N4/c1-19(2)26-11-8-12-27(20(3)4)28(26)23-9-7-10-24(18-23)33-29-30(32-14-13-31-29)34-25-16-21(5)15-22(6)17-25/h7-20H,1-6H3,(H,31,33)(H,32,34)/p+1. The number of rotatable bonds is 7. The van der Waals surface area contributed by atoms with Crippen LogP contribution in [0.3, 0.4) is 0 Å². The summed E-state index contributed by atoms with van der Waals surface area (Å²) in [6, 6.07) is 21.9. The summed E-state index contributed by atoms with van der Waals surface area (Å²) in [5.41, 5.74) is 9.94. The van der Waals surface area contributed by atoms with Crippen molar-refractivity contribution in [3.8, 4) is 11.1 Å². The molecule has 0 spiro atoms. The summed E-state index contributed by atoms with van der Waals surface area (Å²) in [5, 5.41) is 5.57. The number of anilines is 2. The molecule has 3 aromatic carbocycles. The molecule has 1 heterocycles. The van der Waals surface area contributed by atoms with Crippen LogP contribution < -0.4 is 10.6 Å². The first-order chi connectivity index (χ1) is 16.3. The van der Waals surface area contributed by atoms with E-state index in [1.807, 2.05) is 0 Å². The number of nitrogens with zero attached hydrogens (tertiary/aromatic N) is 2. The molecule has 0 fully saturated rings. The highest BCUT2D eigenvalue weighted by Crippen LogP contribution is 2.36. The number of aryl methyl sites for hydroxylation is 2. The van der Waals surface area contributed by atoms with Crippen molar-refractivity contribution in [3.05, 3.63) is 95.3 Å². The maximum absolute atomic E-state index is 4.63. The van der Waals surface area contributed by atoms with Crippen LogP contribution in [-0.4, -0.2) is 9.97 Å². The third-order valence-electron chi connectivity index (χ3n) is 6.06. The van der Waals surface area contributed by atoms with Crippen molar-refractivity contribution < 1.29 is 5.32 Å². The van der Waals surface area contributed by atoms with Gasteiger partial charge in [0.2, 0.25) is 5.82 Å². The lowest BCUT2D eigenvalue weighted by molar-refractivity contribution is -0.482. The first-order valence-corrected chi connectivity index (χ1v) is 12.1. The summed E-state index contributed by atoms with van der Waals surface area (Å²) < 4.78 is 0. The molecule has 3 N–H and O–H groups in total. The van der Waals surface area contributed by atoms with Crippen LogP contribution in [0.4, 0.5) is 23.0 Å². The number of benzene rings is 3. The van der Waals surface area contributed by atoms with Crippen molar-refractivity contribution in [3.63, 3.8) is 0 Å². The third-order valence-corrected chi connectivity index (χ3v) is 6.06. The Hall–Kier alpha value is -3.50. The van der Waals surface area contributed by atoms with E-state index >= 15 is 0 Å². The first kappa shape index (κ1) is 23.7. The van der Waals surface area contributed by atoms with Gasteiger partial charge in [-0.2, -0.15) is 4.98 Å². The van der Waals surface area contributed by atoms with E-state index in [1.54, 1.807) is 12.4 Å². The maximum Gasteiger partial charge on any atom is 0.273 e. The van der Waals surface area contributed by atoms with Gasteiger partial charge in [0.1, 0.15) is 5.69 Å². The lowest BCUT2D eigenvalue weighted by Crippen LogP contribution is -2.71. The van der Waals surface area contributed by atoms with Crippen molar-refractivity contribution >= 4 is 23.0 Å². The zero-order chi connectivity index (χ0) is 24.2. The zero-order valence-electron chi connectivity index (χ0n) is 21.1. The number of quaternary nitrogens is 1. The molecular weight excluding hydrogens is 416 g/mol. The van der Waals surface area contributed by atoms with Crippen LogP contribution in [0.1, 0.15) is 61.8 Å². The van der Waals surface area contributed by atoms with Crippen LogP contribution in [0.2, 0.25) is 0 Å². The van der Waals surface area contributed by atoms with E-state index in [2.05, 4.69) is 123 Å². The number of hydrogen-bond acceptors (Lipinski definition) is 3. The molecule has 4 nitrogen and oxygen atoms in total. The smallest absolute Gasteiger partial charge is 0.273 e. The molecule has 174 valence electrons. The van der Waals surface area contributed by atoms with E-state index in [4.69, 9.17) is 0 Å². The highest BCUT2D eigenvalue weighted by atomic mass is 15.1. The SMILES string of the molecule is Cc1cc(C)cc(Nc2nccnc2[NH2+]c2cccc(-c3c(C(C)C)cccc3C(C)C)c2)c1. The van der Waals surface area contributed by atoms with Crippen LogP contribution in [-0.2, 0) is 0 Å². The lowest BCUT2D eigenvalue weighted by Gasteiger charge is -2.20. The van der Waals surface area contributed by atoms with E-state index in [1.165, 1.54) is 33.4 Å². The van der Waals surface area contributed by atoms with E-state index < -0.39 is 0 Å². The maximum atomic E-state index is 4.63. The van der Waals surface area contributed by atoms with Gasteiger partial charge >= 0.3 is 0 Å². The Balaban J connectivity index is 1.69. The molecule has 0 atom stereocenters. The second-order valence-electron chi connectivity index (χ2n) is 9.68. The fourth-order valence-corrected chi connectivity index (χ4v) is 4.56. The molecule has 0 bridgehead atoms. The average Bonchev–Trinajstić information content (AvgIpc) is 2.79. The largest absolute Gasteiger partial charge is 0.334 e. The van der Waals surface area contributed by atoms with Gasteiger partial charge in [-0.1, -0.05) is 64.1 Å². The minimum absolute atomic E-state index is 0.454. The predicted molar refractivity (Wildman–Crippen MR) is 143 cm³/mol. The fourth-order valence-electron chi connectivity index (χ4n) is 4.56. The third kappa shape index (κ3) is 5.35. The van der Waals surface area contributed by atoms with E-state index in [9.17, 15) is 0 Å². The Bertz CT molecular complexity index is 1240. The minimum atomic E-state index is 0.454. The topological polar surface area (TPSA) is 54.4 Å². The van der Waals surface area contributed by atoms with Crippen molar-refractivity contribution in [1.82, 2.24) is 9.97 Å². The van der Waals surface area contributed by atoms with Gasteiger partial charge in [0.05, 0.1) is 6.20 Å². The summed E-state index contributed by atoms with van der Waals surface area (Å²) >= 11 is 0. The molecule has 0 unspecified atom stereocenters. The number of nitrogens with two attached hydrogens (primary N) is 1. The number of aromatic nitrogens is 2. The Kier molecular flexibility index (Phi) is 7.09. The van der Waals surface area contributed by atoms with E-state index in [0.29, 0.717) is 11.8 Å². The van der Waals surface area contributed by atoms with Gasteiger partial charge in [-0.3, -0.25) is 5.32 Å². The van der Waals surface area contributed by atoms with Crippen molar-refractivity contribution in [2.24, 2.45) is 0 Å². The van der Waals surface area contributed by atoms with Crippen LogP contribution in [0, 0.1) is 13.8 Å². The zero-order valence-corrected chi connectivity index (χ0v) is 21.1. The minimum Gasteiger partial charge on any atom is -0.334 e. The Labute approximate surface area is 203 Å². The Morgan fingerprint density at radius 3 is 2.00 bits per heavy atom. The highest BCUT2D eigenvalue weighted by molar-refractivity contribution is 5.74. The van der Waals surface area contributed by atoms with Gasteiger partial charge in [-0.25, -0.2) is 4.98 Å². The van der Waals surface area contributed by atoms with E-state index in [0.717, 1.165) is 23.0 Å². The fraction of sp³-hybridized carbons (Fsp3) is 0.267. The van der Waals surface area contributed by atoms with Crippen LogP contribution in [0.25, 0.3) is 11.1 Å². The lowest BCUT2D eigenvalue weighted by atomic mass is 9.85. The average molecular weight is 452 g/mol. The molecule has 4 rings (SSSR count). The molecule has 0 aliphatic rings. The monoisotopic (exact) mass is 451 g/mol. The van der Waals surface area contributed by atoms with Gasteiger partial charge in [0.15, 0.2) is 0 Å². The molecule has 4 aromatic rings. The molecule has 1 aromatic heterocycles. The van der Waals surface area contributed by atoms with Gasteiger partial charge in [-0.05, 0) is 77.3 Å². The van der Waals surface area contributed by atoms with Gasteiger partial charge in [0, 0.05) is 18.0 Å². The van der Waals surface area contributed by atoms with Gasteiger partial charge < -0.3 is 5.32 Å². The van der Waals surface area contributed by atoms with Crippen molar-refractivity contribution in [2.75, 3.05) is 5.32 Å². The normalized spacial score (nSPS) is 11.3. The molecule has 0 radical (unpaired) electrons. The summed E-state index contributed by atoms with van der Waals surface area (Å²) in [6.07, 6.45) is 3.47. The van der Waals surface area contributed by atoms with Gasteiger partial charge in [-0.15, -0.1) is 0 Å². The summed E-state index contributed by atoms with van der Waals surface area (Å²) in [5.74, 6) is 2.48. The Morgan fingerprint density at radius 1 is 0.735 bits per heavy atom. The second kappa shape index (κ2) is 10.2. The quantitative estimate of drug-likeness (QED) is 0.290. The van der Waals surface area contributed by atoms with Crippen LogP contribution in [0.15, 0.2) is 73.1 Å². The summed E-state index contributed by atoms with van der Waals surface area (Å²) in [7, 11) is 0. The highest BCUT2D eigenvalue weighted by Gasteiger charge is 2.17. The molecule has 34 heavy (non-hydrogen) atoms. The predicted octanol–water partition coefficient (Wildman–Crippen LogP) is 7.28. The molecule has 0 amide bonds. The van der Waals surface area contributed by atoms with Gasteiger partial charge in [0.25, 0.3) is 5.82 Å². The van der Waals surface area contributed by atoms with Crippen molar-refractivity contribution in [2.45, 2.75) is 53.4 Å². The summed E-state index contributed by atoms with van der Waals surface area (Å²) in [6.45, 7) is 13.3. The van der Waals surface area contributed by atoms with Crippen molar-refractivity contribution in [1.29, 1.82) is 0 Å². The first-order valence-electron chi connectivity index (χ1n) is 12.1. The number of nitrogens with one attached hydrogen (secondary N) is 1. The Morgan fingerprint density at radius 2 is 1.35 bits per heavy atom. The number of hydrogen-bond donors (Lipinski definition) is 2. The second-order valence-corrected chi connectivity index (χ2v) is 9.68. The van der Waals surface area contributed by atoms with Crippen LogP contribution in [0.5, 0.6) is 0 Å². The summed E-state index contributed by atoms with van der Waals surface area (Å²) in [4.78, 5) is 9.21. The van der Waals surface area contributed by atoms with Crippen LogP contribution >= 0.6 is 0 Å². The molecule has 0 saturated carbocycles. The molecular formula is C30H35N4+. The molecule has 0 aliphatic heterocycles. The van der Waals surface area contributed by atoms with E-state index in [-0.39, 0.29) is 0 Å².